The molecule has 0 saturated heterocycles. The Bertz CT molecular complexity index is 459. The second-order valence-electron chi connectivity index (χ2n) is 3.97. The quantitative estimate of drug-likeness (QED) is 0.780. The van der Waals surface area contributed by atoms with Crippen molar-refractivity contribution in [1.82, 2.24) is 15.1 Å². The lowest BCUT2D eigenvalue weighted by molar-refractivity contribution is 0.484. The summed E-state index contributed by atoms with van der Waals surface area (Å²) >= 11 is 0. The maximum absolute atomic E-state index is 5.53. The Labute approximate surface area is 102 Å². The average Bonchev–Trinajstić information content (AvgIpc) is 2.96. The first kappa shape index (κ1) is 11.9. The molecule has 0 aliphatic carbocycles. The predicted molar refractivity (Wildman–Crippen MR) is 67.6 cm³/mol. The number of nitrogens with one attached hydrogen (secondary N) is 1. The first-order chi connectivity index (χ1) is 8.36. The summed E-state index contributed by atoms with van der Waals surface area (Å²) < 4.78 is 7.51. The van der Waals surface area contributed by atoms with Gasteiger partial charge in [-0.05, 0) is 32.0 Å². The third-order valence-corrected chi connectivity index (χ3v) is 2.75. The van der Waals surface area contributed by atoms with E-state index in [1.54, 1.807) is 6.26 Å². The number of aromatic nitrogens is 2. The molecule has 0 unspecified atom stereocenters. The van der Waals surface area contributed by atoms with Gasteiger partial charge in [-0.1, -0.05) is 6.92 Å². The Kier molecular flexibility index (Phi) is 3.98. The summed E-state index contributed by atoms with van der Waals surface area (Å²) in [6.45, 7) is 6.89. The molecule has 0 aliphatic rings. The molecule has 0 radical (unpaired) electrons. The Morgan fingerprint density at radius 2 is 2.24 bits per heavy atom. The van der Waals surface area contributed by atoms with Gasteiger partial charge < -0.3 is 9.73 Å². The molecule has 0 bridgehead atoms. The van der Waals surface area contributed by atoms with Crippen molar-refractivity contribution in [2.75, 3.05) is 6.54 Å². The highest BCUT2D eigenvalue weighted by molar-refractivity contribution is 5.61. The summed E-state index contributed by atoms with van der Waals surface area (Å²) in [6, 6.07) is 4.03. The van der Waals surface area contributed by atoms with Crippen LogP contribution in [0, 0.1) is 0 Å². The fourth-order valence-corrected chi connectivity index (χ4v) is 1.90. The van der Waals surface area contributed by atoms with E-state index < -0.39 is 0 Å². The van der Waals surface area contributed by atoms with Gasteiger partial charge in [-0.3, -0.25) is 4.68 Å². The van der Waals surface area contributed by atoms with Gasteiger partial charge in [-0.2, -0.15) is 5.10 Å². The van der Waals surface area contributed by atoms with Gasteiger partial charge in [0.15, 0.2) is 0 Å². The maximum Gasteiger partial charge on any atom is 0.126 e. The third-order valence-electron chi connectivity index (χ3n) is 2.75. The van der Waals surface area contributed by atoms with Gasteiger partial charge in [0.1, 0.15) is 5.76 Å². The van der Waals surface area contributed by atoms with Crippen LogP contribution in [0.3, 0.4) is 0 Å². The lowest BCUT2D eigenvalue weighted by Gasteiger charge is -2.06. The highest BCUT2D eigenvalue weighted by atomic mass is 16.3. The van der Waals surface area contributed by atoms with E-state index >= 15 is 0 Å². The fourth-order valence-electron chi connectivity index (χ4n) is 1.90. The molecular weight excluding hydrogens is 214 g/mol. The van der Waals surface area contributed by atoms with E-state index in [1.807, 2.05) is 23.0 Å². The van der Waals surface area contributed by atoms with Crippen molar-refractivity contribution in [1.29, 1.82) is 0 Å². The molecule has 2 aromatic heterocycles. The largest absolute Gasteiger partial charge is 0.467 e. The first-order valence-corrected chi connectivity index (χ1v) is 6.16. The Morgan fingerprint density at radius 1 is 1.35 bits per heavy atom. The molecule has 17 heavy (non-hydrogen) atoms. The van der Waals surface area contributed by atoms with E-state index in [2.05, 4.69) is 24.3 Å². The second kappa shape index (κ2) is 5.68. The van der Waals surface area contributed by atoms with E-state index in [0.717, 1.165) is 43.1 Å². The van der Waals surface area contributed by atoms with Crippen LogP contribution in [0.25, 0.3) is 11.3 Å². The summed E-state index contributed by atoms with van der Waals surface area (Å²) in [5.74, 6) is 0.980. The van der Waals surface area contributed by atoms with Gasteiger partial charge in [0.25, 0.3) is 0 Å². The summed E-state index contributed by atoms with van der Waals surface area (Å²) in [6.07, 6.45) is 4.70. The summed E-state index contributed by atoms with van der Waals surface area (Å²) in [5, 5.41) is 7.64. The fraction of sp³-hybridized carbons (Fsp3) is 0.462. The lowest BCUT2D eigenvalue weighted by atomic mass is 10.2. The Morgan fingerprint density at radius 3 is 3.00 bits per heavy atom. The van der Waals surface area contributed by atoms with Crippen molar-refractivity contribution in [3.8, 4) is 11.3 Å². The van der Waals surface area contributed by atoms with Gasteiger partial charge >= 0.3 is 0 Å². The predicted octanol–water partition coefficient (Wildman–Crippen LogP) is 2.66. The highest BCUT2D eigenvalue weighted by Gasteiger charge is 2.11. The van der Waals surface area contributed by atoms with Crippen molar-refractivity contribution in [2.45, 2.75) is 33.4 Å². The normalized spacial score (nSPS) is 10.9. The zero-order chi connectivity index (χ0) is 12.1. The molecule has 2 rings (SSSR count). The van der Waals surface area contributed by atoms with E-state index in [-0.39, 0.29) is 0 Å². The molecule has 0 spiro atoms. The Balaban J connectivity index is 2.18. The standard InChI is InChI=1S/C13H19N3O/c1-3-7-14-10-13-11(6-9-17-13)12-5-8-15-16(12)4-2/h5-6,8-9,14H,3-4,7,10H2,1-2H3. The molecule has 1 N–H and O–H groups in total. The van der Waals surface area contributed by atoms with E-state index in [1.165, 1.54) is 0 Å². The first-order valence-electron chi connectivity index (χ1n) is 6.16. The third kappa shape index (κ3) is 2.58. The smallest absolute Gasteiger partial charge is 0.126 e. The van der Waals surface area contributed by atoms with Crippen molar-refractivity contribution >= 4 is 0 Å². The van der Waals surface area contributed by atoms with Gasteiger partial charge in [0.2, 0.25) is 0 Å². The van der Waals surface area contributed by atoms with Crippen molar-refractivity contribution in [3.05, 3.63) is 30.4 Å². The van der Waals surface area contributed by atoms with Gasteiger partial charge in [-0.25, -0.2) is 0 Å². The van der Waals surface area contributed by atoms with Crippen molar-refractivity contribution in [2.24, 2.45) is 0 Å². The molecule has 0 fully saturated rings. The van der Waals surface area contributed by atoms with Crippen LogP contribution < -0.4 is 5.32 Å². The second-order valence-corrected chi connectivity index (χ2v) is 3.97. The number of rotatable bonds is 6. The molecule has 4 nitrogen and oxygen atoms in total. The van der Waals surface area contributed by atoms with Crippen LogP contribution in [0.15, 0.2) is 29.0 Å². The number of nitrogens with zero attached hydrogens (tertiary/aromatic N) is 2. The highest BCUT2D eigenvalue weighted by Crippen LogP contribution is 2.24. The van der Waals surface area contributed by atoms with Crippen LogP contribution in [-0.2, 0) is 13.1 Å². The molecule has 4 heteroatoms. The molecular formula is C13H19N3O. The molecule has 0 amide bonds. The van der Waals surface area contributed by atoms with Gasteiger partial charge in [0.05, 0.1) is 18.5 Å². The number of furan rings is 1. The molecule has 0 saturated carbocycles. The summed E-state index contributed by atoms with van der Waals surface area (Å²) in [5.41, 5.74) is 2.25. The van der Waals surface area contributed by atoms with E-state index in [9.17, 15) is 0 Å². The lowest BCUT2D eigenvalue weighted by Crippen LogP contribution is -2.14. The van der Waals surface area contributed by atoms with Crippen molar-refractivity contribution in [3.63, 3.8) is 0 Å². The van der Waals surface area contributed by atoms with E-state index in [0.29, 0.717) is 0 Å². The minimum Gasteiger partial charge on any atom is -0.467 e. The summed E-state index contributed by atoms with van der Waals surface area (Å²) in [7, 11) is 0. The van der Waals surface area contributed by atoms with Crippen LogP contribution in [0.5, 0.6) is 0 Å². The Hall–Kier alpha value is -1.55. The molecule has 92 valence electrons. The zero-order valence-corrected chi connectivity index (χ0v) is 10.4. The molecule has 0 aliphatic heterocycles. The topological polar surface area (TPSA) is 43.0 Å². The minimum absolute atomic E-state index is 0.769. The maximum atomic E-state index is 5.53. The molecule has 0 atom stereocenters. The van der Waals surface area contributed by atoms with Crippen LogP contribution >= 0.6 is 0 Å². The van der Waals surface area contributed by atoms with Crippen molar-refractivity contribution < 1.29 is 4.42 Å². The van der Waals surface area contributed by atoms with Crippen LogP contribution in [0.1, 0.15) is 26.0 Å². The van der Waals surface area contributed by atoms with Crippen LogP contribution in [0.4, 0.5) is 0 Å². The number of aryl methyl sites for hydroxylation is 1. The van der Waals surface area contributed by atoms with Crippen LogP contribution in [-0.4, -0.2) is 16.3 Å². The molecule has 2 heterocycles. The number of hydrogen-bond acceptors (Lipinski definition) is 3. The van der Waals surface area contributed by atoms with Crippen LogP contribution in [0.2, 0.25) is 0 Å². The van der Waals surface area contributed by atoms with Gasteiger partial charge in [-0.15, -0.1) is 0 Å². The summed E-state index contributed by atoms with van der Waals surface area (Å²) in [4.78, 5) is 0. The zero-order valence-electron chi connectivity index (χ0n) is 10.4. The average molecular weight is 233 g/mol. The van der Waals surface area contributed by atoms with E-state index in [4.69, 9.17) is 4.42 Å². The monoisotopic (exact) mass is 233 g/mol. The molecule has 2 aromatic rings. The number of hydrogen-bond donors (Lipinski definition) is 1. The molecule has 0 aromatic carbocycles. The van der Waals surface area contributed by atoms with Gasteiger partial charge in [0, 0.05) is 18.3 Å². The SMILES string of the molecule is CCCNCc1occc1-c1ccnn1CC. The minimum atomic E-state index is 0.769.